The summed E-state index contributed by atoms with van der Waals surface area (Å²) < 4.78 is 5.35. The van der Waals surface area contributed by atoms with Crippen molar-refractivity contribution in [2.75, 3.05) is 6.54 Å². The van der Waals surface area contributed by atoms with E-state index in [9.17, 15) is 4.79 Å². The summed E-state index contributed by atoms with van der Waals surface area (Å²) in [5.41, 5.74) is 4.13. The molecule has 3 aromatic rings. The second-order valence-electron chi connectivity index (χ2n) is 6.26. The standard InChI is InChI=1S/C19H19N3O2/c1-13-4-6-14(7-5-13)11-22-9-8-15-16(12-22)20-18(21-19(15)23)17-3-2-10-24-17/h2-7,10H,8-9,11-12H2,1H3,(H,20,21,23). The second-order valence-corrected chi connectivity index (χ2v) is 6.26. The molecule has 0 fully saturated rings. The highest BCUT2D eigenvalue weighted by molar-refractivity contribution is 5.47. The summed E-state index contributed by atoms with van der Waals surface area (Å²) in [5.74, 6) is 1.09. The molecule has 0 saturated carbocycles. The van der Waals surface area contributed by atoms with Crippen molar-refractivity contribution in [1.29, 1.82) is 0 Å². The van der Waals surface area contributed by atoms with Gasteiger partial charge in [0.25, 0.3) is 5.56 Å². The van der Waals surface area contributed by atoms with E-state index in [1.807, 2.05) is 0 Å². The maximum Gasteiger partial charge on any atom is 0.254 e. The maximum atomic E-state index is 12.3. The Morgan fingerprint density at radius 1 is 1.25 bits per heavy atom. The molecule has 1 aliphatic heterocycles. The van der Waals surface area contributed by atoms with Crippen LogP contribution in [0.5, 0.6) is 0 Å². The van der Waals surface area contributed by atoms with Gasteiger partial charge in [-0.25, -0.2) is 4.98 Å². The Morgan fingerprint density at radius 2 is 2.08 bits per heavy atom. The summed E-state index contributed by atoms with van der Waals surface area (Å²) in [6.07, 6.45) is 2.31. The number of H-pyrrole nitrogens is 1. The lowest BCUT2D eigenvalue weighted by Gasteiger charge is -2.27. The summed E-state index contributed by atoms with van der Waals surface area (Å²) in [7, 11) is 0. The molecule has 0 aliphatic carbocycles. The summed E-state index contributed by atoms with van der Waals surface area (Å²) in [4.78, 5) is 22.1. The van der Waals surface area contributed by atoms with E-state index in [1.54, 1.807) is 18.4 Å². The molecule has 3 heterocycles. The van der Waals surface area contributed by atoms with Crippen molar-refractivity contribution in [2.45, 2.75) is 26.4 Å². The number of hydrogen-bond acceptors (Lipinski definition) is 4. The molecule has 5 nitrogen and oxygen atoms in total. The van der Waals surface area contributed by atoms with Crippen LogP contribution in [0.4, 0.5) is 0 Å². The van der Waals surface area contributed by atoms with E-state index in [0.717, 1.165) is 30.8 Å². The van der Waals surface area contributed by atoms with Crippen LogP contribution in [-0.4, -0.2) is 21.4 Å². The molecule has 0 unspecified atom stereocenters. The van der Waals surface area contributed by atoms with Gasteiger partial charge in [-0.15, -0.1) is 0 Å². The van der Waals surface area contributed by atoms with E-state index >= 15 is 0 Å². The molecule has 0 atom stereocenters. The number of aryl methyl sites for hydroxylation is 1. The molecule has 0 bridgehead atoms. The Morgan fingerprint density at radius 3 is 2.83 bits per heavy atom. The summed E-state index contributed by atoms with van der Waals surface area (Å²) in [6.45, 7) is 4.50. The van der Waals surface area contributed by atoms with Crippen molar-refractivity contribution in [3.63, 3.8) is 0 Å². The zero-order valence-electron chi connectivity index (χ0n) is 13.6. The maximum absolute atomic E-state index is 12.3. The Labute approximate surface area is 140 Å². The first-order valence-corrected chi connectivity index (χ1v) is 8.13. The van der Waals surface area contributed by atoms with Gasteiger partial charge in [0.2, 0.25) is 0 Å². The number of nitrogens with one attached hydrogen (secondary N) is 1. The molecule has 24 heavy (non-hydrogen) atoms. The third-order valence-electron chi connectivity index (χ3n) is 4.43. The van der Waals surface area contributed by atoms with E-state index in [4.69, 9.17) is 4.42 Å². The van der Waals surface area contributed by atoms with Crippen molar-refractivity contribution in [3.8, 4) is 11.6 Å². The molecule has 4 rings (SSSR count). The average Bonchev–Trinajstić information content (AvgIpc) is 3.11. The van der Waals surface area contributed by atoms with Gasteiger partial charge in [-0.05, 0) is 31.0 Å². The lowest BCUT2D eigenvalue weighted by atomic mass is 10.1. The molecule has 0 spiro atoms. The summed E-state index contributed by atoms with van der Waals surface area (Å²) in [5, 5.41) is 0. The van der Waals surface area contributed by atoms with Gasteiger partial charge < -0.3 is 9.40 Å². The smallest absolute Gasteiger partial charge is 0.254 e. The SMILES string of the molecule is Cc1ccc(CN2CCc3c(nc(-c4ccco4)[nH]c3=O)C2)cc1. The van der Waals surface area contributed by atoms with Gasteiger partial charge in [0.1, 0.15) is 0 Å². The molecule has 0 saturated heterocycles. The molecule has 0 radical (unpaired) electrons. The Kier molecular flexibility index (Phi) is 3.78. The highest BCUT2D eigenvalue weighted by Crippen LogP contribution is 2.20. The predicted octanol–water partition coefficient (Wildman–Crippen LogP) is 2.90. The molecule has 1 aliphatic rings. The summed E-state index contributed by atoms with van der Waals surface area (Å²) >= 11 is 0. The van der Waals surface area contributed by atoms with Gasteiger partial charge in [-0.3, -0.25) is 9.69 Å². The normalized spacial score (nSPS) is 14.5. The Bertz CT molecular complexity index is 895. The highest BCUT2D eigenvalue weighted by Gasteiger charge is 2.21. The van der Waals surface area contributed by atoms with Crippen LogP contribution >= 0.6 is 0 Å². The number of furan rings is 1. The van der Waals surface area contributed by atoms with Gasteiger partial charge >= 0.3 is 0 Å². The van der Waals surface area contributed by atoms with Gasteiger partial charge in [0.05, 0.1) is 12.0 Å². The number of fused-ring (bicyclic) bond motifs is 1. The van der Waals surface area contributed by atoms with Crippen LogP contribution in [0.1, 0.15) is 22.4 Å². The minimum absolute atomic E-state index is 0.0543. The van der Waals surface area contributed by atoms with E-state index in [1.165, 1.54) is 11.1 Å². The first-order valence-electron chi connectivity index (χ1n) is 8.13. The molecular weight excluding hydrogens is 302 g/mol. The van der Waals surface area contributed by atoms with Crippen molar-refractivity contribution >= 4 is 0 Å². The number of aromatic nitrogens is 2. The van der Waals surface area contributed by atoms with Crippen LogP contribution in [0.15, 0.2) is 51.9 Å². The van der Waals surface area contributed by atoms with Crippen molar-refractivity contribution in [2.24, 2.45) is 0 Å². The zero-order valence-corrected chi connectivity index (χ0v) is 13.6. The van der Waals surface area contributed by atoms with Crippen LogP contribution in [0.3, 0.4) is 0 Å². The summed E-state index contributed by atoms with van der Waals surface area (Å²) in [6, 6.07) is 12.2. The molecule has 122 valence electrons. The second kappa shape index (κ2) is 6.09. The number of nitrogens with zero attached hydrogens (tertiary/aromatic N) is 2. The van der Waals surface area contributed by atoms with Crippen LogP contribution in [0.25, 0.3) is 11.6 Å². The molecule has 0 amide bonds. The molecule has 1 aromatic carbocycles. The first kappa shape index (κ1) is 14.9. The van der Waals surface area contributed by atoms with E-state index in [-0.39, 0.29) is 5.56 Å². The first-order chi connectivity index (χ1) is 11.7. The minimum Gasteiger partial charge on any atom is -0.461 e. The quantitative estimate of drug-likeness (QED) is 0.806. The van der Waals surface area contributed by atoms with Crippen LogP contribution in [0.2, 0.25) is 0 Å². The monoisotopic (exact) mass is 321 g/mol. The van der Waals surface area contributed by atoms with E-state index < -0.39 is 0 Å². The number of benzene rings is 1. The van der Waals surface area contributed by atoms with Crippen molar-refractivity contribution in [3.05, 3.63) is 75.4 Å². The molecule has 5 heteroatoms. The lowest BCUT2D eigenvalue weighted by Crippen LogP contribution is -2.35. The molecule has 2 aromatic heterocycles. The van der Waals surface area contributed by atoms with Crippen molar-refractivity contribution < 1.29 is 4.42 Å². The Balaban J connectivity index is 1.59. The van der Waals surface area contributed by atoms with Gasteiger partial charge in [0, 0.05) is 25.2 Å². The minimum atomic E-state index is -0.0543. The predicted molar refractivity (Wildman–Crippen MR) is 91.6 cm³/mol. The largest absolute Gasteiger partial charge is 0.461 e. The fourth-order valence-electron chi connectivity index (χ4n) is 3.11. The van der Waals surface area contributed by atoms with E-state index in [2.05, 4.69) is 46.1 Å². The van der Waals surface area contributed by atoms with Gasteiger partial charge in [-0.2, -0.15) is 0 Å². The number of aromatic amines is 1. The van der Waals surface area contributed by atoms with Crippen LogP contribution in [0, 0.1) is 6.92 Å². The topological polar surface area (TPSA) is 62.1 Å². The molecular formula is C19H19N3O2. The third kappa shape index (κ3) is 2.90. The Hall–Kier alpha value is -2.66. The van der Waals surface area contributed by atoms with Crippen LogP contribution < -0.4 is 5.56 Å². The van der Waals surface area contributed by atoms with Gasteiger partial charge in [0.15, 0.2) is 11.6 Å². The number of hydrogen-bond donors (Lipinski definition) is 1. The van der Waals surface area contributed by atoms with E-state index in [0.29, 0.717) is 18.1 Å². The fraction of sp³-hybridized carbons (Fsp3) is 0.263. The third-order valence-corrected chi connectivity index (χ3v) is 4.43. The fourth-order valence-corrected chi connectivity index (χ4v) is 3.11. The van der Waals surface area contributed by atoms with Gasteiger partial charge in [-0.1, -0.05) is 29.8 Å². The van der Waals surface area contributed by atoms with Crippen LogP contribution in [-0.2, 0) is 19.5 Å². The average molecular weight is 321 g/mol. The molecule has 1 N–H and O–H groups in total. The zero-order chi connectivity index (χ0) is 16.5. The van der Waals surface area contributed by atoms with Crippen molar-refractivity contribution in [1.82, 2.24) is 14.9 Å². The number of rotatable bonds is 3. The highest BCUT2D eigenvalue weighted by atomic mass is 16.3. The lowest BCUT2D eigenvalue weighted by molar-refractivity contribution is 0.240.